The van der Waals surface area contributed by atoms with Gasteiger partial charge in [0.15, 0.2) is 5.13 Å². The Balaban J connectivity index is 2.10. The third-order valence-electron chi connectivity index (χ3n) is 2.37. The lowest BCUT2D eigenvalue weighted by Gasteiger charge is -2.33. The Morgan fingerprint density at radius 2 is 2.43 bits per heavy atom. The molecule has 1 aliphatic rings. The Labute approximate surface area is 95.9 Å². The van der Waals surface area contributed by atoms with Gasteiger partial charge in [-0.25, -0.2) is 4.98 Å². The highest BCUT2D eigenvalue weighted by molar-refractivity contribution is 9.10. The summed E-state index contributed by atoms with van der Waals surface area (Å²) < 4.78 is 0.880. The van der Waals surface area contributed by atoms with Gasteiger partial charge in [0.1, 0.15) is 4.60 Å². The van der Waals surface area contributed by atoms with Crippen LogP contribution in [0.5, 0.6) is 0 Å². The third kappa shape index (κ3) is 2.27. The van der Waals surface area contributed by atoms with Crippen LogP contribution in [0, 0.1) is 5.92 Å². The lowest BCUT2D eigenvalue weighted by molar-refractivity contribution is 0.132. The minimum Gasteiger partial charge on any atom is -0.391 e. The zero-order chi connectivity index (χ0) is 10.1. The first-order valence-corrected chi connectivity index (χ1v) is 6.36. The van der Waals surface area contributed by atoms with Crippen molar-refractivity contribution in [2.45, 2.75) is 19.4 Å². The topological polar surface area (TPSA) is 36.4 Å². The molecule has 1 saturated heterocycles. The molecule has 0 spiro atoms. The Morgan fingerprint density at radius 1 is 1.64 bits per heavy atom. The van der Waals surface area contributed by atoms with Gasteiger partial charge >= 0.3 is 0 Å². The van der Waals surface area contributed by atoms with Crippen molar-refractivity contribution in [3.63, 3.8) is 0 Å². The van der Waals surface area contributed by atoms with Crippen LogP contribution < -0.4 is 4.90 Å². The molecule has 1 aromatic rings. The number of halogens is 1. The minimum atomic E-state index is -0.207. The van der Waals surface area contributed by atoms with E-state index in [1.54, 1.807) is 11.3 Å². The predicted octanol–water partition coefficient (Wildman–Crippen LogP) is 2.11. The average molecular weight is 277 g/mol. The maximum absolute atomic E-state index is 9.64. The van der Waals surface area contributed by atoms with Crippen molar-refractivity contribution in [2.24, 2.45) is 5.92 Å². The van der Waals surface area contributed by atoms with Gasteiger partial charge in [-0.15, -0.1) is 11.3 Å². The summed E-state index contributed by atoms with van der Waals surface area (Å²) in [5.74, 6) is 0.543. The number of aliphatic hydroxyl groups excluding tert-OH is 1. The summed E-state index contributed by atoms with van der Waals surface area (Å²) in [6.07, 6.45) is 0.699. The lowest BCUT2D eigenvalue weighted by Crippen LogP contribution is -2.42. The summed E-state index contributed by atoms with van der Waals surface area (Å²) in [6.45, 7) is 3.87. The number of rotatable bonds is 1. The second kappa shape index (κ2) is 4.16. The van der Waals surface area contributed by atoms with Crippen LogP contribution in [-0.4, -0.2) is 29.3 Å². The number of aromatic nitrogens is 1. The summed E-state index contributed by atoms with van der Waals surface area (Å²) in [7, 11) is 0. The molecule has 78 valence electrons. The number of hydrogen-bond donors (Lipinski definition) is 1. The SMILES string of the molecule is CC1CC(O)CN(c2nc(Br)cs2)C1. The summed E-state index contributed by atoms with van der Waals surface area (Å²) in [5.41, 5.74) is 0. The largest absolute Gasteiger partial charge is 0.391 e. The van der Waals surface area contributed by atoms with Gasteiger partial charge in [0.2, 0.25) is 0 Å². The molecule has 14 heavy (non-hydrogen) atoms. The molecule has 2 rings (SSSR count). The average Bonchev–Trinajstić information content (AvgIpc) is 2.50. The highest BCUT2D eigenvalue weighted by Crippen LogP contribution is 2.27. The summed E-state index contributed by atoms with van der Waals surface area (Å²) in [4.78, 5) is 6.51. The van der Waals surface area contributed by atoms with Crippen molar-refractivity contribution in [2.75, 3.05) is 18.0 Å². The van der Waals surface area contributed by atoms with Gasteiger partial charge in [-0.3, -0.25) is 0 Å². The number of anilines is 1. The van der Waals surface area contributed by atoms with Gasteiger partial charge in [-0.05, 0) is 28.3 Å². The molecule has 0 aliphatic carbocycles. The van der Waals surface area contributed by atoms with E-state index in [-0.39, 0.29) is 6.10 Å². The quantitative estimate of drug-likeness (QED) is 0.854. The van der Waals surface area contributed by atoms with Crippen LogP contribution in [0.2, 0.25) is 0 Å². The van der Waals surface area contributed by atoms with Crippen molar-refractivity contribution in [3.8, 4) is 0 Å². The van der Waals surface area contributed by atoms with E-state index in [0.717, 1.165) is 22.7 Å². The van der Waals surface area contributed by atoms with Gasteiger partial charge in [-0.2, -0.15) is 0 Å². The van der Waals surface area contributed by atoms with E-state index >= 15 is 0 Å². The smallest absolute Gasteiger partial charge is 0.186 e. The van der Waals surface area contributed by atoms with E-state index in [2.05, 4.69) is 32.7 Å². The molecule has 1 aliphatic heterocycles. The van der Waals surface area contributed by atoms with Crippen molar-refractivity contribution in [1.82, 2.24) is 4.98 Å². The van der Waals surface area contributed by atoms with E-state index in [1.807, 2.05) is 5.38 Å². The fraction of sp³-hybridized carbons (Fsp3) is 0.667. The molecule has 0 radical (unpaired) electrons. The monoisotopic (exact) mass is 276 g/mol. The van der Waals surface area contributed by atoms with Gasteiger partial charge in [0, 0.05) is 18.5 Å². The number of β-amino-alcohol motifs (C(OH)–C–C–N with tert-alkyl or cyclic N) is 1. The van der Waals surface area contributed by atoms with Gasteiger partial charge in [0.05, 0.1) is 6.10 Å². The maximum atomic E-state index is 9.64. The van der Waals surface area contributed by atoms with Crippen LogP contribution in [0.4, 0.5) is 5.13 Å². The predicted molar refractivity (Wildman–Crippen MR) is 61.8 cm³/mol. The molecule has 5 heteroatoms. The number of piperidine rings is 1. The van der Waals surface area contributed by atoms with Crippen molar-refractivity contribution >= 4 is 32.4 Å². The van der Waals surface area contributed by atoms with Crippen LogP contribution in [0.1, 0.15) is 13.3 Å². The Morgan fingerprint density at radius 3 is 3.00 bits per heavy atom. The molecule has 0 aromatic carbocycles. The summed E-state index contributed by atoms with van der Waals surface area (Å²) in [6, 6.07) is 0. The fourth-order valence-electron chi connectivity index (χ4n) is 1.87. The zero-order valence-corrected chi connectivity index (χ0v) is 10.4. The number of aliphatic hydroxyl groups is 1. The summed E-state index contributed by atoms with van der Waals surface area (Å²) in [5, 5.41) is 12.6. The Hall–Kier alpha value is -0.130. The van der Waals surface area contributed by atoms with Crippen molar-refractivity contribution in [1.29, 1.82) is 0 Å². The molecule has 0 saturated carbocycles. The molecule has 2 unspecified atom stereocenters. The van der Waals surface area contributed by atoms with Crippen molar-refractivity contribution in [3.05, 3.63) is 9.98 Å². The van der Waals surface area contributed by atoms with Crippen LogP contribution in [0.15, 0.2) is 9.98 Å². The second-order valence-electron chi connectivity index (χ2n) is 3.85. The Bertz CT molecular complexity index is 308. The third-order valence-corrected chi connectivity index (χ3v) is 3.98. The first-order chi connectivity index (χ1) is 6.65. The molecule has 1 N–H and O–H groups in total. The zero-order valence-electron chi connectivity index (χ0n) is 7.98. The van der Waals surface area contributed by atoms with Crippen LogP contribution in [-0.2, 0) is 0 Å². The van der Waals surface area contributed by atoms with E-state index in [9.17, 15) is 5.11 Å². The van der Waals surface area contributed by atoms with Gasteiger partial charge in [-0.1, -0.05) is 6.92 Å². The highest BCUT2D eigenvalue weighted by Gasteiger charge is 2.24. The first-order valence-electron chi connectivity index (χ1n) is 4.69. The molecule has 0 amide bonds. The second-order valence-corrected chi connectivity index (χ2v) is 5.50. The molecular formula is C9H13BrN2OS. The molecule has 2 heterocycles. The molecule has 1 fully saturated rings. The summed E-state index contributed by atoms with van der Waals surface area (Å²) >= 11 is 4.96. The van der Waals surface area contributed by atoms with E-state index in [1.165, 1.54) is 0 Å². The molecule has 0 bridgehead atoms. The van der Waals surface area contributed by atoms with Gasteiger partial charge < -0.3 is 10.0 Å². The minimum absolute atomic E-state index is 0.207. The van der Waals surface area contributed by atoms with Crippen LogP contribution in [0.3, 0.4) is 0 Å². The maximum Gasteiger partial charge on any atom is 0.186 e. The molecule has 2 atom stereocenters. The van der Waals surface area contributed by atoms with Gasteiger partial charge in [0.25, 0.3) is 0 Å². The molecule has 1 aromatic heterocycles. The standard InChI is InChI=1S/C9H13BrN2OS/c1-6-2-7(13)4-12(3-6)9-11-8(10)5-14-9/h5-7,13H,2-4H2,1H3. The highest BCUT2D eigenvalue weighted by atomic mass is 79.9. The number of thiazole rings is 1. The fourth-order valence-corrected chi connectivity index (χ4v) is 3.14. The molecular weight excluding hydrogens is 264 g/mol. The van der Waals surface area contributed by atoms with E-state index < -0.39 is 0 Å². The number of hydrogen-bond acceptors (Lipinski definition) is 4. The van der Waals surface area contributed by atoms with Crippen LogP contribution >= 0.6 is 27.3 Å². The van der Waals surface area contributed by atoms with E-state index in [0.29, 0.717) is 12.5 Å². The van der Waals surface area contributed by atoms with Crippen LogP contribution in [0.25, 0.3) is 0 Å². The Kier molecular flexibility index (Phi) is 3.09. The van der Waals surface area contributed by atoms with E-state index in [4.69, 9.17) is 0 Å². The number of nitrogens with zero attached hydrogens (tertiary/aromatic N) is 2. The molecule has 3 nitrogen and oxygen atoms in total. The normalized spacial score (nSPS) is 28.1. The lowest BCUT2D eigenvalue weighted by atomic mass is 9.98. The first kappa shape index (κ1) is 10.4. The van der Waals surface area contributed by atoms with Crippen molar-refractivity contribution < 1.29 is 5.11 Å².